The Kier molecular flexibility index (Phi) is 6.47. The van der Waals surface area contributed by atoms with Gasteiger partial charge in [-0.1, -0.05) is 17.7 Å². The number of carbonyl (C=O) groups excluding carboxylic acids is 1. The lowest BCUT2D eigenvalue weighted by Gasteiger charge is -2.08. The van der Waals surface area contributed by atoms with E-state index in [0.717, 1.165) is 18.4 Å². The standard InChI is InChI=1S/C13H20N2O4S/c1-11-5-7-12(8-6-11)20(17,18)15-13(16)14-9-3-4-10-19-2/h5-8H,3-4,9-10H2,1-2H3,(H2,14,15,16). The fourth-order valence-corrected chi connectivity index (χ4v) is 2.44. The quantitative estimate of drug-likeness (QED) is 0.746. The van der Waals surface area contributed by atoms with Gasteiger partial charge < -0.3 is 10.1 Å². The number of unbranched alkanes of at least 4 members (excludes halogenated alkanes) is 1. The summed E-state index contributed by atoms with van der Waals surface area (Å²) in [4.78, 5) is 11.6. The molecule has 0 aliphatic rings. The van der Waals surface area contributed by atoms with Gasteiger partial charge in [-0.2, -0.15) is 0 Å². The number of hydrogen-bond donors (Lipinski definition) is 2. The Labute approximate surface area is 119 Å². The highest BCUT2D eigenvalue weighted by atomic mass is 32.2. The van der Waals surface area contributed by atoms with Crippen LogP contribution in [0, 0.1) is 6.92 Å². The fourth-order valence-electron chi connectivity index (χ4n) is 1.51. The molecule has 6 nitrogen and oxygen atoms in total. The molecular formula is C13H20N2O4S. The van der Waals surface area contributed by atoms with E-state index >= 15 is 0 Å². The highest BCUT2D eigenvalue weighted by Gasteiger charge is 2.16. The minimum Gasteiger partial charge on any atom is -0.385 e. The van der Waals surface area contributed by atoms with Crippen molar-refractivity contribution in [1.82, 2.24) is 10.0 Å². The maximum Gasteiger partial charge on any atom is 0.328 e. The zero-order chi connectivity index (χ0) is 15.0. The van der Waals surface area contributed by atoms with Gasteiger partial charge in [0.15, 0.2) is 0 Å². The van der Waals surface area contributed by atoms with Crippen LogP contribution in [0.2, 0.25) is 0 Å². The zero-order valence-electron chi connectivity index (χ0n) is 11.7. The summed E-state index contributed by atoms with van der Waals surface area (Å²) in [5.74, 6) is 0. The predicted octanol–water partition coefficient (Wildman–Crippen LogP) is 1.41. The molecule has 0 saturated carbocycles. The number of sulfonamides is 1. The Morgan fingerprint density at radius 2 is 1.85 bits per heavy atom. The van der Waals surface area contributed by atoms with E-state index in [2.05, 4.69) is 5.32 Å². The minimum atomic E-state index is -3.81. The molecule has 0 atom stereocenters. The van der Waals surface area contributed by atoms with Crippen LogP contribution in [0.5, 0.6) is 0 Å². The molecule has 1 aromatic carbocycles. The molecule has 2 N–H and O–H groups in total. The van der Waals surface area contributed by atoms with Gasteiger partial charge in [0.2, 0.25) is 0 Å². The molecule has 1 aromatic rings. The van der Waals surface area contributed by atoms with Crippen LogP contribution in [0.3, 0.4) is 0 Å². The second kappa shape index (κ2) is 7.86. The maximum atomic E-state index is 11.9. The third-order valence-corrected chi connectivity index (χ3v) is 3.97. The first-order valence-electron chi connectivity index (χ1n) is 6.32. The Morgan fingerprint density at radius 3 is 2.45 bits per heavy atom. The summed E-state index contributed by atoms with van der Waals surface area (Å²) in [5, 5.41) is 2.49. The molecule has 0 saturated heterocycles. The molecule has 1 rings (SSSR count). The lowest BCUT2D eigenvalue weighted by molar-refractivity contribution is 0.192. The van der Waals surface area contributed by atoms with Gasteiger partial charge in [0.1, 0.15) is 0 Å². The molecule has 7 heteroatoms. The second-order valence-corrected chi connectivity index (χ2v) is 6.06. The van der Waals surface area contributed by atoms with E-state index in [-0.39, 0.29) is 4.90 Å². The third kappa shape index (κ3) is 5.58. The largest absolute Gasteiger partial charge is 0.385 e. The van der Waals surface area contributed by atoms with E-state index < -0.39 is 16.1 Å². The van der Waals surface area contributed by atoms with Crippen molar-refractivity contribution in [3.05, 3.63) is 29.8 Å². The van der Waals surface area contributed by atoms with Crippen LogP contribution in [0.1, 0.15) is 18.4 Å². The normalized spacial score (nSPS) is 11.1. The van der Waals surface area contributed by atoms with Crippen LogP contribution in [-0.2, 0) is 14.8 Å². The van der Waals surface area contributed by atoms with Gasteiger partial charge in [0.25, 0.3) is 10.0 Å². The van der Waals surface area contributed by atoms with E-state index in [1.165, 1.54) is 12.1 Å². The molecule has 0 aliphatic heterocycles. The first-order chi connectivity index (χ1) is 9.45. The Bertz CT molecular complexity index is 526. The summed E-state index contributed by atoms with van der Waals surface area (Å²) in [5.41, 5.74) is 0.951. The third-order valence-electron chi connectivity index (χ3n) is 2.62. The van der Waals surface area contributed by atoms with Crippen molar-refractivity contribution in [2.45, 2.75) is 24.7 Å². The average molecular weight is 300 g/mol. The van der Waals surface area contributed by atoms with Gasteiger partial charge in [0, 0.05) is 20.3 Å². The van der Waals surface area contributed by atoms with Crippen molar-refractivity contribution in [1.29, 1.82) is 0 Å². The van der Waals surface area contributed by atoms with Crippen molar-refractivity contribution in [2.24, 2.45) is 0 Å². The summed E-state index contributed by atoms with van der Waals surface area (Å²) in [6, 6.07) is 5.56. The topological polar surface area (TPSA) is 84.5 Å². The maximum absolute atomic E-state index is 11.9. The minimum absolute atomic E-state index is 0.0673. The molecule has 0 aromatic heterocycles. The molecule has 0 unspecified atom stereocenters. The predicted molar refractivity (Wildman–Crippen MR) is 76.0 cm³/mol. The number of amides is 2. The Balaban J connectivity index is 2.46. The summed E-state index contributed by atoms with van der Waals surface area (Å²) >= 11 is 0. The summed E-state index contributed by atoms with van der Waals surface area (Å²) < 4.78 is 30.6. The SMILES string of the molecule is COCCCCNC(=O)NS(=O)(=O)c1ccc(C)cc1. The highest BCUT2D eigenvalue weighted by molar-refractivity contribution is 7.90. The van der Waals surface area contributed by atoms with E-state index in [4.69, 9.17) is 4.74 Å². The molecule has 112 valence electrons. The lowest BCUT2D eigenvalue weighted by atomic mass is 10.2. The Morgan fingerprint density at radius 1 is 1.20 bits per heavy atom. The average Bonchev–Trinajstić information content (AvgIpc) is 2.38. The van der Waals surface area contributed by atoms with Gasteiger partial charge in [-0.15, -0.1) is 0 Å². The number of methoxy groups -OCH3 is 1. The monoisotopic (exact) mass is 300 g/mol. The number of rotatable bonds is 7. The lowest BCUT2D eigenvalue weighted by Crippen LogP contribution is -2.39. The first kappa shape index (κ1) is 16.5. The number of ether oxygens (including phenoxy) is 1. The van der Waals surface area contributed by atoms with Crippen LogP contribution < -0.4 is 10.0 Å². The van der Waals surface area contributed by atoms with Crippen molar-refractivity contribution in [3.8, 4) is 0 Å². The van der Waals surface area contributed by atoms with Gasteiger partial charge >= 0.3 is 6.03 Å². The molecule has 0 fully saturated rings. The number of nitrogens with one attached hydrogen (secondary N) is 2. The van der Waals surface area contributed by atoms with Crippen molar-refractivity contribution in [3.63, 3.8) is 0 Å². The molecule has 0 radical (unpaired) electrons. The first-order valence-corrected chi connectivity index (χ1v) is 7.80. The molecular weight excluding hydrogens is 280 g/mol. The number of hydrogen-bond acceptors (Lipinski definition) is 4. The van der Waals surface area contributed by atoms with Crippen molar-refractivity contribution in [2.75, 3.05) is 20.3 Å². The zero-order valence-corrected chi connectivity index (χ0v) is 12.5. The Hall–Kier alpha value is -1.60. The number of carbonyl (C=O) groups is 1. The van der Waals surface area contributed by atoms with Gasteiger partial charge in [-0.05, 0) is 31.9 Å². The van der Waals surface area contributed by atoms with E-state index in [9.17, 15) is 13.2 Å². The van der Waals surface area contributed by atoms with E-state index in [1.807, 2.05) is 11.6 Å². The van der Waals surface area contributed by atoms with Crippen LogP contribution in [0.25, 0.3) is 0 Å². The number of aryl methyl sites for hydroxylation is 1. The van der Waals surface area contributed by atoms with Gasteiger partial charge in [0.05, 0.1) is 4.90 Å². The molecule has 0 bridgehead atoms. The van der Waals surface area contributed by atoms with Crippen molar-refractivity contribution >= 4 is 16.1 Å². The highest BCUT2D eigenvalue weighted by Crippen LogP contribution is 2.09. The summed E-state index contributed by atoms with van der Waals surface area (Å²) in [6.07, 6.45) is 1.54. The number of benzene rings is 1. The van der Waals surface area contributed by atoms with Crippen LogP contribution in [0.15, 0.2) is 29.2 Å². The molecule has 2 amide bonds. The van der Waals surface area contributed by atoms with Crippen molar-refractivity contribution < 1.29 is 17.9 Å². The van der Waals surface area contributed by atoms with Gasteiger partial charge in [-0.25, -0.2) is 17.9 Å². The van der Waals surface area contributed by atoms with Crippen LogP contribution in [0.4, 0.5) is 4.79 Å². The number of urea groups is 1. The molecule has 0 spiro atoms. The fraction of sp³-hybridized carbons (Fsp3) is 0.462. The molecule has 20 heavy (non-hydrogen) atoms. The molecule has 0 heterocycles. The van der Waals surface area contributed by atoms with Crippen LogP contribution in [-0.4, -0.2) is 34.7 Å². The van der Waals surface area contributed by atoms with E-state index in [0.29, 0.717) is 13.2 Å². The smallest absolute Gasteiger partial charge is 0.328 e. The van der Waals surface area contributed by atoms with Crippen LogP contribution >= 0.6 is 0 Å². The second-order valence-electron chi connectivity index (χ2n) is 4.37. The van der Waals surface area contributed by atoms with E-state index in [1.54, 1.807) is 19.2 Å². The summed E-state index contributed by atoms with van der Waals surface area (Å²) in [7, 11) is -2.20. The molecule has 0 aliphatic carbocycles. The van der Waals surface area contributed by atoms with Gasteiger partial charge in [-0.3, -0.25) is 0 Å². The summed E-state index contributed by atoms with van der Waals surface area (Å²) in [6.45, 7) is 2.88.